The molecule has 0 saturated carbocycles. The quantitative estimate of drug-likeness (QED) is 0.241. The van der Waals surface area contributed by atoms with Crippen LogP contribution in [0.4, 0.5) is 24.7 Å². The van der Waals surface area contributed by atoms with Crippen molar-refractivity contribution in [3.63, 3.8) is 0 Å². The third-order valence-corrected chi connectivity index (χ3v) is 8.82. The normalized spacial score (nSPS) is 20.2. The molecule has 44 heavy (non-hydrogen) atoms. The Morgan fingerprint density at radius 2 is 1.86 bits per heavy atom. The molecule has 2 aliphatic rings. The molecule has 1 fully saturated rings. The summed E-state index contributed by atoms with van der Waals surface area (Å²) in [7, 11) is 1.92. The minimum atomic E-state index is -4.70. The Kier molecular flexibility index (Phi) is 7.55. The first-order valence-electron chi connectivity index (χ1n) is 14.5. The van der Waals surface area contributed by atoms with Crippen LogP contribution in [0.25, 0.3) is 11.4 Å². The minimum Gasteiger partial charge on any atom is -0.334 e. The molecule has 0 spiro atoms. The van der Waals surface area contributed by atoms with Crippen LogP contribution >= 0.6 is 11.6 Å². The summed E-state index contributed by atoms with van der Waals surface area (Å²) < 4.78 is 44.4. The van der Waals surface area contributed by atoms with E-state index in [0.29, 0.717) is 30.3 Å². The van der Waals surface area contributed by atoms with Gasteiger partial charge in [0.1, 0.15) is 11.6 Å². The van der Waals surface area contributed by atoms with Crippen LogP contribution in [0.1, 0.15) is 54.7 Å². The Morgan fingerprint density at radius 3 is 2.50 bits per heavy atom. The average Bonchev–Trinajstić information content (AvgIpc) is 3.58. The van der Waals surface area contributed by atoms with E-state index in [-0.39, 0.29) is 18.0 Å². The Labute approximate surface area is 258 Å². The lowest BCUT2D eigenvalue weighted by atomic mass is 9.84. The van der Waals surface area contributed by atoms with Crippen molar-refractivity contribution in [1.29, 1.82) is 0 Å². The first-order valence-corrected chi connectivity index (χ1v) is 14.9. The lowest BCUT2D eigenvalue weighted by Gasteiger charge is -2.47. The van der Waals surface area contributed by atoms with Crippen molar-refractivity contribution >= 4 is 34.9 Å². The highest BCUT2D eigenvalue weighted by molar-refractivity contribution is 6.31. The smallest absolute Gasteiger partial charge is 0.334 e. The predicted molar refractivity (Wildman–Crippen MR) is 161 cm³/mol. The number of piperidine rings is 1. The molecule has 1 saturated heterocycles. The van der Waals surface area contributed by atoms with Crippen LogP contribution in [0.5, 0.6) is 0 Å². The Hall–Kier alpha value is -4.12. The first kappa shape index (κ1) is 29.9. The van der Waals surface area contributed by atoms with Gasteiger partial charge in [0.25, 0.3) is 5.91 Å². The predicted octanol–water partition coefficient (Wildman–Crippen LogP) is 6.92. The number of carbonyl (C=O) groups is 2. The van der Waals surface area contributed by atoms with Gasteiger partial charge in [0.2, 0.25) is 5.91 Å². The summed E-state index contributed by atoms with van der Waals surface area (Å²) in [6.07, 6.45) is 1.70. The third kappa shape index (κ3) is 5.16. The zero-order valence-corrected chi connectivity index (χ0v) is 25.5. The van der Waals surface area contributed by atoms with E-state index >= 15 is 0 Å². The molecule has 2 amide bonds. The molecule has 8 nitrogen and oxygen atoms in total. The van der Waals surface area contributed by atoms with Crippen LogP contribution < -0.4 is 4.90 Å². The number of likely N-dealkylation sites (tertiary alicyclic amines) is 1. The summed E-state index contributed by atoms with van der Waals surface area (Å²) in [6, 6.07) is 10.00. The Balaban J connectivity index is 1.37. The zero-order valence-electron chi connectivity index (χ0n) is 24.7. The summed E-state index contributed by atoms with van der Waals surface area (Å²) in [4.78, 5) is 35.7. The molecular weight excluding hydrogens is 593 g/mol. The van der Waals surface area contributed by atoms with E-state index in [1.807, 2.05) is 53.7 Å². The molecule has 2 aromatic heterocycles. The number of fused-ring (bicyclic) bond motifs is 3. The van der Waals surface area contributed by atoms with Gasteiger partial charge >= 0.3 is 6.18 Å². The molecule has 2 unspecified atom stereocenters. The van der Waals surface area contributed by atoms with Crippen molar-refractivity contribution in [3.8, 4) is 11.4 Å². The zero-order chi connectivity index (χ0) is 31.5. The van der Waals surface area contributed by atoms with E-state index in [1.165, 1.54) is 6.07 Å². The molecule has 3 atom stereocenters. The fourth-order valence-corrected chi connectivity index (χ4v) is 6.61. The van der Waals surface area contributed by atoms with Gasteiger partial charge in [-0.25, -0.2) is 9.67 Å². The molecule has 2 aliphatic heterocycles. The lowest BCUT2D eigenvalue weighted by molar-refractivity contribution is -0.137. The van der Waals surface area contributed by atoms with Crippen LogP contribution in [0.2, 0.25) is 5.02 Å². The molecule has 4 heterocycles. The van der Waals surface area contributed by atoms with Gasteiger partial charge in [-0.05, 0) is 68.1 Å². The average molecular weight is 625 g/mol. The molecule has 12 heteroatoms. The molecule has 0 aliphatic carbocycles. The lowest BCUT2D eigenvalue weighted by Crippen LogP contribution is -2.56. The van der Waals surface area contributed by atoms with E-state index < -0.39 is 40.7 Å². The number of amides is 2. The van der Waals surface area contributed by atoms with Crippen LogP contribution in [-0.4, -0.2) is 48.6 Å². The number of hydrogen-bond donors (Lipinski definition) is 0. The summed E-state index contributed by atoms with van der Waals surface area (Å²) in [5.41, 5.74) is 1.35. The van der Waals surface area contributed by atoms with Crippen molar-refractivity contribution < 1.29 is 22.8 Å². The topological polar surface area (TPSA) is 76.3 Å². The van der Waals surface area contributed by atoms with Crippen LogP contribution in [-0.2, 0) is 24.4 Å². The molecular formula is C32H32ClF3N6O2. The van der Waals surface area contributed by atoms with Crippen molar-refractivity contribution in [2.75, 3.05) is 11.4 Å². The minimum absolute atomic E-state index is 0.0949. The SMILES string of the molecule is CC(C)Cc1cnn2c1N(c1ccc(-c3nccn3C)cc1)C(=O)C1C[C@H](C)N(C(=O)c3ccc(Cl)c(C(F)(F)F)c3)CC12. The highest BCUT2D eigenvalue weighted by atomic mass is 35.5. The summed E-state index contributed by atoms with van der Waals surface area (Å²) >= 11 is 5.80. The number of benzene rings is 2. The van der Waals surface area contributed by atoms with Crippen LogP contribution in [0, 0.1) is 11.8 Å². The number of carbonyl (C=O) groups excluding carboxylic acids is 2. The van der Waals surface area contributed by atoms with Gasteiger partial charge in [-0.1, -0.05) is 25.4 Å². The van der Waals surface area contributed by atoms with E-state index in [2.05, 4.69) is 18.8 Å². The van der Waals surface area contributed by atoms with Gasteiger partial charge in [0.15, 0.2) is 0 Å². The number of alkyl halides is 3. The van der Waals surface area contributed by atoms with Gasteiger partial charge in [-0.2, -0.15) is 18.3 Å². The van der Waals surface area contributed by atoms with Crippen molar-refractivity contribution in [1.82, 2.24) is 24.2 Å². The number of aryl methyl sites for hydroxylation is 1. The molecule has 2 aromatic carbocycles. The summed E-state index contributed by atoms with van der Waals surface area (Å²) in [5, 5.41) is 4.26. The fraction of sp³-hybridized carbons (Fsp3) is 0.375. The van der Waals surface area contributed by atoms with E-state index in [0.717, 1.165) is 29.1 Å². The van der Waals surface area contributed by atoms with Crippen molar-refractivity contribution in [2.24, 2.45) is 18.9 Å². The van der Waals surface area contributed by atoms with E-state index in [1.54, 1.807) is 22.2 Å². The molecule has 0 bridgehead atoms. The number of nitrogens with zero attached hydrogens (tertiary/aromatic N) is 6. The molecule has 0 N–H and O–H groups in total. The maximum Gasteiger partial charge on any atom is 0.417 e. The highest BCUT2D eigenvalue weighted by Crippen LogP contribution is 2.45. The third-order valence-electron chi connectivity index (χ3n) is 8.49. The maximum absolute atomic E-state index is 14.3. The number of halogens is 4. The van der Waals surface area contributed by atoms with E-state index in [9.17, 15) is 22.8 Å². The van der Waals surface area contributed by atoms with Gasteiger partial charge in [-0.3, -0.25) is 14.5 Å². The Bertz CT molecular complexity index is 1730. The number of rotatable bonds is 5. The molecule has 6 rings (SSSR count). The van der Waals surface area contributed by atoms with Gasteiger partial charge < -0.3 is 9.47 Å². The van der Waals surface area contributed by atoms with Gasteiger partial charge in [-0.15, -0.1) is 0 Å². The monoisotopic (exact) mass is 624 g/mol. The number of aromatic nitrogens is 4. The molecule has 4 aromatic rings. The van der Waals surface area contributed by atoms with Crippen LogP contribution in [0.3, 0.4) is 0 Å². The second-order valence-corrected chi connectivity index (χ2v) is 12.4. The number of hydrogen-bond acceptors (Lipinski definition) is 4. The molecule has 0 radical (unpaired) electrons. The second-order valence-electron chi connectivity index (χ2n) is 12.0. The summed E-state index contributed by atoms with van der Waals surface area (Å²) in [5.74, 6) is 0.625. The second kappa shape index (κ2) is 11.1. The number of anilines is 2. The molecule has 230 valence electrons. The highest BCUT2D eigenvalue weighted by Gasteiger charge is 2.48. The largest absolute Gasteiger partial charge is 0.417 e. The Morgan fingerprint density at radius 1 is 1.14 bits per heavy atom. The van der Waals surface area contributed by atoms with Crippen LogP contribution in [0.15, 0.2) is 61.1 Å². The van der Waals surface area contributed by atoms with E-state index in [4.69, 9.17) is 16.7 Å². The fourth-order valence-electron chi connectivity index (χ4n) is 6.39. The van der Waals surface area contributed by atoms with Gasteiger partial charge in [0, 0.05) is 48.7 Å². The van der Waals surface area contributed by atoms with Crippen molar-refractivity contribution in [2.45, 2.75) is 51.9 Å². The first-order chi connectivity index (χ1) is 20.8. The van der Waals surface area contributed by atoms with Gasteiger partial charge in [0.05, 0.1) is 34.4 Å². The standard InChI is InChI=1S/C32H32ClF3N6O2/c1-18(2)13-22-16-38-42-27-17-40(30(43)21-7-10-26(33)25(15-21)32(34,35)36)19(3)14-24(27)31(44)41(29(22)42)23-8-5-20(6-9-23)28-37-11-12-39(28)4/h5-12,15-16,18-19,24,27H,13-14,17H2,1-4H3/t19-,24?,27?/m0/s1. The van der Waals surface area contributed by atoms with Crippen molar-refractivity contribution in [3.05, 3.63) is 82.8 Å². The maximum atomic E-state index is 14.3. The summed E-state index contributed by atoms with van der Waals surface area (Å²) in [6.45, 7) is 6.12. The number of imidazole rings is 1.